The molecule has 1 aliphatic carbocycles. The average molecular weight is 286 g/mol. The van der Waals surface area contributed by atoms with Crippen molar-refractivity contribution in [2.24, 2.45) is 0 Å². The van der Waals surface area contributed by atoms with Crippen LogP contribution in [0.5, 0.6) is 0 Å². The van der Waals surface area contributed by atoms with Gasteiger partial charge in [0.2, 0.25) is 5.95 Å². The molecule has 2 atom stereocenters. The molecule has 5 heteroatoms. The number of benzene rings is 1. The zero-order chi connectivity index (χ0) is 14.1. The van der Waals surface area contributed by atoms with Gasteiger partial charge in [-0.05, 0) is 43.7 Å². The Labute approximate surface area is 123 Å². The maximum Gasteiger partial charge on any atom is 0.201 e. The molecule has 0 aliphatic heterocycles. The lowest BCUT2D eigenvalue weighted by atomic mass is 9.94. The maximum absolute atomic E-state index is 9.07. The number of imidazole rings is 1. The molecule has 2 unspecified atom stereocenters. The Hall–Kier alpha value is -1.67. The number of hydrogen-bond acceptors (Lipinski definition) is 4. The molecule has 0 amide bonds. The van der Waals surface area contributed by atoms with E-state index < -0.39 is 0 Å². The Morgan fingerprint density at radius 1 is 1.45 bits per heavy atom. The van der Waals surface area contributed by atoms with E-state index in [0.29, 0.717) is 22.8 Å². The van der Waals surface area contributed by atoms with E-state index in [4.69, 9.17) is 11.0 Å². The van der Waals surface area contributed by atoms with Crippen LogP contribution in [-0.4, -0.2) is 21.1 Å². The SMILES string of the molecule is CSC1CCCC(n2c(N)nc3ccc(C#N)cc32)C1. The molecule has 1 fully saturated rings. The summed E-state index contributed by atoms with van der Waals surface area (Å²) in [7, 11) is 0. The van der Waals surface area contributed by atoms with E-state index in [2.05, 4.69) is 21.9 Å². The van der Waals surface area contributed by atoms with Crippen LogP contribution in [0.25, 0.3) is 11.0 Å². The van der Waals surface area contributed by atoms with E-state index in [9.17, 15) is 0 Å². The summed E-state index contributed by atoms with van der Waals surface area (Å²) in [6.07, 6.45) is 6.97. The van der Waals surface area contributed by atoms with Gasteiger partial charge in [-0.2, -0.15) is 17.0 Å². The first-order valence-electron chi connectivity index (χ1n) is 6.93. The summed E-state index contributed by atoms with van der Waals surface area (Å²) in [5.41, 5.74) is 8.66. The third-order valence-corrected chi connectivity index (χ3v) is 5.24. The largest absolute Gasteiger partial charge is 0.369 e. The second-order valence-electron chi connectivity index (χ2n) is 5.33. The van der Waals surface area contributed by atoms with Crippen molar-refractivity contribution in [2.75, 3.05) is 12.0 Å². The third kappa shape index (κ3) is 2.25. The van der Waals surface area contributed by atoms with Gasteiger partial charge in [-0.3, -0.25) is 0 Å². The van der Waals surface area contributed by atoms with Gasteiger partial charge in [-0.1, -0.05) is 6.42 Å². The lowest BCUT2D eigenvalue weighted by Gasteiger charge is -2.29. The second kappa shape index (κ2) is 5.37. The first-order chi connectivity index (χ1) is 9.72. The molecule has 3 rings (SSSR count). The molecule has 0 radical (unpaired) electrons. The van der Waals surface area contributed by atoms with Crippen molar-refractivity contribution in [3.8, 4) is 6.07 Å². The molecular formula is C15H18N4S. The predicted octanol–water partition coefficient (Wildman–Crippen LogP) is 3.34. The van der Waals surface area contributed by atoms with Gasteiger partial charge in [0.05, 0.1) is 22.7 Å². The van der Waals surface area contributed by atoms with Crippen molar-refractivity contribution < 1.29 is 0 Å². The van der Waals surface area contributed by atoms with Gasteiger partial charge in [0.1, 0.15) is 0 Å². The van der Waals surface area contributed by atoms with Gasteiger partial charge in [-0.25, -0.2) is 4.98 Å². The highest BCUT2D eigenvalue weighted by Gasteiger charge is 2.25. The molecule has 104 valence electrons. The summed E-state index contributed by atoms with van der Waals surface area (Å²) in [6.45, 7) is 0. The average Bonchev–Trinajstić information content (AvgIpc) is 2.82. The minimum atomic E-state index is 0.403. The molecule has 20 heavy (non-hydrogen) atoms. The van der Waals surface area contributed by atoms with Gasteiger partial charge in [0, 0.05) is 11.3 Å². The fourth-order valence-corrected chi connectivity index (χ4v) is 3.95. The summed E-state index contributed by atoms with van der Waals surface area (Å²) in [6, 6.07) is 8.18. The topological polar surface area (TPSA) is 67.6 Å². The molecule has 4 nitrogen and oxygen atoms in total. The Kier molecular flexibility index (Phi) is 3.58. The number of thioether (sulfide) groups is 1. The van der Waals surface area contributed by atoms with Crippen LogP contribution in [0.3, 0.4) is 0 Å². The van der Waals surface area contributed by atoms with Crippen LogP contribution < -0.4 is 5.73 Å². The fourth-order valence-electron chi connectivity index (χ4n) is 3.13. The normalized spacial score (nSPS) is 22.8. The number of anilines is 1. The van der Waals surface area contributed by atoms with Crippen molar-refractivity contribution in [3.05, 3.63) is 23.8 Å². The van der Waals surface area contributed by atoms with E-state index >= 15 is 0 Å². The quantitative estimate of drug-likeness (QED) is 0.919. The summed E-state index contributed by atoms with van der Waals surface area (Å²) < 4.78 is 2.14. The van der Waals surface area contributed by atoms with Crippen LogP contribution in [0, 0.1) is 11.3 Å². The highest BCUT2D eigenvalue weighted by atomic mass is 32.2. The number of nitrogens with zero attached hydrogens (tertiary/aromatic N) is 3. The van der Waals surface area contributed by atoms with E-state index in [0.717, 1.165) is 23.9 Å². The van der Waals surface area contributed by atoms with Gasteiger partial charge in [-0.15, -0.1) is 0 Å². The summed E-state index contributed by atoms with van der Waals surface area (Å²) >= 11 is 1.94. The van der Waals surface area contributed by atoms with Crippen LogP contribution in [0.4, 0.5) is 5.95 Å². The van der Waals surface area contributed by atoms with Gasteiger partial charge < -0.3 is 10.3 Å². The number of nitriles is 1. The minimum absolute atomic E-state index is 0.403. The first kappa shape index (κ1) is 13.3. The van der Waals surface area contributed by atoms with E-state index in [1.54, 1.807) is 6.07 Å². The van der Waals surface area contributed by atoms with Crippen molar-refractivity contribution in [2.45, 2.75) is 37.0 Å². The van der Waals surface area contributed by atoms with E-state index in [1.807, 2.05) is 23.9 Å². The van der Waals surface area contributed by atoms with Crippen molar-refractivity contribution in [3.63, 3.8) is 0 Å². The zero-order valence-electron chi connectivity index (χ0n) is 11.5. The lowest BCUT2D eigenvalue weighted by molar-refractivity contribution is 0.371. The lowest BCUT2D eigenvalue weighted by Crippen LogP contribution is -2.21. The smallest absolute Gasteiger partial charge is 0.201 e. The molecule has 0 bridgehead atoms. The van der Waals surface area contributed by atoms with Crippen LogP contribution in [0.2, 0.25) is 0 Å². The third-order valence-electron chi connectivity index (χ3n) is 4.14. The molecule has 1 aromatic heterocycles. The number of nitrogen functional groups attached to an aromatic ring is 1. The van der Waals surface area contributed by atoms with Crippen LogP contribution in [0.15, 0.2) is 18.2 Å². The molecule has 1 saturated carbocycles. The maximum atomic E-state index is 9.07. The highest BCUT2D eigenvalue weighted by molar-refractivity contribution is 7.99. The zero-order valence-corrected chi connectivity index (χ0v) is 12.4. The van der Waals surface area contributed by atoms with Gasteiger partial charge >= 0.3 is 0 Å². The Morgan fingerprint density at radius 2 is 2.30 bits per heavy atom. The van der Waals surface area contributed by atoms with E-state index in [1.165, 1.54) is 12.8 Å². The summed E-state index contributed by atoms with van der Waals surface area (Å²) in [5.74, 6) is 0.571. The number of hydrogen-bond donors (Lipinski definition) is 1. The van der Waals surface area contributed by atoms with Crippen LogP contribution in [-0.2, 0) is 0 Å². The number of nitrogens with two attached hydrogens (primary N) is 1. The highest BCUT2D eigenvalue weighted by Crippen LogP contribution is 2.37. The van der Waals surface area contributed by atoms with E-state index in [-0.39, 0.29) is 0 Å². The minimum Gasteiger partial charge on any atom is -0.369 e. The Balaban J connectivity index is 2.05. The molecular weight excluding hydrogens is 268 g/mol. The molecule has 2 aromatic rings. The monoisotopic (exact) mass is 286 g/mol. The molecule has 1 aliphatic rings. The standard InChI is InChI=1S/C15H18N4S/c1-20-12-4-2-3-11(8-12)19-14-7-10(9-16)5-6-13(14)18-15(19)17/h5-7,11-12H,2-4,8H2,1H3,(H2,17,18). The molecule has 0 saturated heterocycles. The first-order valence-corrected chi connectivity index (χ1v) is 8.22. The van der Waals surface area contributed by atoms with Gasteiger partial charge in [0.15, 0.2) is 0 Å². The Morgan fingerprint density at radius 3 is 3.05 bits per heavy atom. The number of fused-ring (bicyclic) bond motifs is 1. The van der Waals surface area contributed by atoms with Crippen molar-refractivity contribution in [1.29, 1.82) is 5.26 Å². The molecule has 1 aromatic carbocycles. The van der Waals surface area contributed by atoms with Crippen molar-refractivity contribution >= 4 is 28.7 Å². The second-order valence-corrected chi connectivity index (χ2v) is 6.47. The number of aromatic nitrogens is 2. The number of rotatable bonds is 2. The molecule has 2 N–H and O–H groups in total. The molecule has 1 heterocycles. The van der Waals surface area contributed by atoms with Crippen LogP contribution >= 0.6 is 11.8 Å². The summed E-state index contributed by atoms with van der Waals surface area (Å²) in [5, 5.41) is 9.77. The van der Waals surface area contributed by atoms with Crippen molar-refractivity contribution in [1.82, 2.24) is 9.55 Å². The molecule has 0 spiro atoms. The van der Waals surface area contributed by atoms with Gasteiger partial charge in [0.25, 0.3) is 0 Å². The predicted molar refractivity (Wildman–Crippen MR) is 83.7 cm³/mol. The van der Waals surface area contributed by atoms with Crippen LogP contribution in [0.1, 0.15) is 37.3 Å². The fraction of sp³-hybridized carbons (Fsp3) is 0.467. The summed E-state index contributed by atoms with van der Waals surface area (Å²) in [4.78, 5) is 4.44. The Bertz CT molecular complexity index is 670.